The maximum Gasteiger partial charge on any atom is 0.0564 e. The number of benzene rings is 1. The Labute approximate surface area is 114 Å². The Morgan fingerprint density at radius 2 is 1.94 bits per heavy atom. The number of hydrogen-bond acceptors (Lipinski definition) is 2. The van der Waals surface area contributed by atoms with Crippen LogP contribution >= 0.6 is 15.9 Å². The maximum absolute atomic E-state index is 12.5. The molecule has 1 saturated carbocycles. The van der Waals surface area contributed by atoms with Crippen LogP contribution in [0.3, 0.4) is 0 Å². The minimum atomic E-state index is -0.880. The van der Waals surface area contributed by atoms with E-state index in [1.54, 1.807) is 0 Å². The van der Waals surface area contributed by atoms with E-state index in [9.17, 15) is 4.21 Å². The largest absolute Gasteiger partial charge is 0.317 e. The van der Waals surface area contributed by atoms with E-state index in [0.29, 0.717) is 12.0 Å². The molecule has 0 bridgehead atoms. The molecule has 4 atom stereocenters. The average Bonchev–Trinajstić information content (AvgIpc) is 2.70. The van der Waals surface area contributed by atoms with Gasteiger partial charge in [-0.3, -0.25) is 4.21 Å². The molecule has 0 spiro atoms. The van der Waals surface area contributed by atoms with Crippen molar-refractivity contribution in [3.63, 3.8) is 0 Å². The highest BCUT2D eigenvalue weighted by Crippen LogP contribution is 2.32. The van der Waals surface area contributed by atoms with Gasteiger partial charge in [-0.1, -0.05) is 22.9 Å². The lowest BCUT2D eigenvalue weighted by molar-refractivity contribution is 0.460. The topological polar surface area (TPSA) is 29.1 Å². The SMILES string of the molecule is CNC1CCC(S(=O)c2ccc(Br)cc2)C1C. The van der Waals surface area contributed by atoms with Crippen molar-refractivity contribution in [1.82, 2.24) is 5.32 Å². The molecule has 1 aliphatic rings. The summed E-state index contributed by atoms with van der Waals surface area (Å²) in [6, 6.07) is 8.35. The van der Waals surface area contributed by atoms with E-state index in [0.717, 1.165) is 22.2 Å². The van der Waals surface area contributed by atoms with Crippen molar-refractivity contribution in [3.8, 4) is 0 Å². The fourth-order valence-electron chi connectivity index (χ4n) is 2.58. The molecular weight excluding hydrogens is 298 g/mol. The van der Waals surface area contributed by atoms with Crippen molar-refractivity contribution in [2.24, 2.45) is 5.92 Å². The summed E-state index contributed by atoms with van der Waals surface area (Å²) in [6.45, 7) is 2.20. The van der Waals surface area contributed by atoms with Gasteiger partial charge in [0.05, 0.1) is 10.8 Å². The minimum absolute atomic E-state index is 0.286. The molecule has 0 amide bonds. The lowest BCUT2D eigenvalue weighted by Crippen LogP contribution is -2.32. The van der Waals surface area contributed by atoms with Crippen LogP contribution in [-0.4, -0.2) is 22.5 Å². The molecular formula is C13H18BrNOS. The Bertz CT molecular complexity index is 406. The summed E-state index contributed by atoms with van der Waals surface area (Å²) in [5, 5.41) is 3.60. The van der Waals surface area contributed by atoms with Crippen LogP contribution in [0.4, 0.5) is 0 Å². The first-order valence-corrected chi connectivity index (χ1v) is 7.97. The van der Waals surface area contributed by atoms with Gasteiger partial charge in [0.2, 0.25) is 0 Å². The lowest BCUT2D eigenvalue weighted by atomic mass is 10.1. The van der Waals surface area contributed by atoms with Crippen molar-refractivity contribution < 1.29 is 4.21 Å². The van der Waals surface area contributed by atoms with Gasteiger partial charge < -0.3 is 5.32 Å². The van der Waals surface area contributed by atoms with Gasteiger partial charge in [0.1, 0.15) is 0 Å². The third-order valence-corrected chi connectivity index (χ3v) is 6.16. The Morgan fingerprint density at radius 3 is 2.47 bits per heavy atom. The second-order valence-electron chi connectivity index (χ2n) is 4.62. The van der Waals surface area contributed by atoms with Crippen LogP contribution in [0.15, 0.2) is 33.6 Å². The molecule has 0 heterocycles. The van der Waals surface area contributed by atoms with E-state index < -0.39 is 10.8 Å². The molecule has 1 aromatic carbocycles. The predicted octanol–water partition coefficient (Wildman–Crippen LogP) is 2.94. The zero-order chi connectivity index (χ0) is 12.4. The third-order valence-electron chi connectivity index (χ3n) is 3.68. The summed E-state index contributed by atoms with van der Waals surface area (Å²) in [5.74, 6) is 0.476. The van der Waals surface area contributed by atoms with Crippen LogP contribution in [0, 0.1) is 5.92 Å². The zero-order valence-electron chi connectivity index (χ0n) is 10.2. The van der Waals surface area contributed by atoms with Crippen LogP contribution in [0.2, 0.25) is 0 Å². The number of hydrogen-bond donors (Lipinski definition) is 1. The molecule has 1 fully saturated rings. The summed E-state index contributed by atoms with van der Waals surface area (Å²) >= 11 is 3.40. The highest BCUT2D eigenvalue weighted by molar-refractivity contribution is 9.10. The normalized spacial score (nSPS) is 30.4. The summed E-state index contributed by atoms with van der Waals surface area (Å²) in [5.41, 5.74) is 0. The Morgan fingerprint density at radius 1 is 1.29 bits per heavy atom. The highest BCUT2D eigenvalue weighted by Gasteiger charge is 2.35. The molecule has 0 aliphatic heterocycles. The second kappa shape index (κ2) is 5.63. The van der Waals surface area contributed by atoms with Crippen LogP contribution in [-0.2, 0) is 10.8 Å². The first-order valence-electron chi connectivity index (χ1n) is 5.97. The summed E-state index contributed by atoms with van der Waals surface area (Å²) in [7, 11) is 1.11. The summed E-state index contributed by atoms with van der Waals surface area (Å²) in [6.07, 6.45) is 2.18. The van der Waals surface area contributed by atoms with E-state index in [2.05, 4.69) is 28.2 Å². The van der Waals surface area contributed by atoms with Crippen LogP contribution < -0.4 is 5.32 Å². The van der Waals surface area contributed by atoms with Crippen molar-refractivity contribution in [2.45, 2.75) is 36.0 Å². The Kier molecular flexibility index (Phi) is 4.39. The van der Waals surface area contributed by atoms with Gasteiger partial charge >= 0.3 is 0 Å². The van der Waals surface area contributed by atoms with E-state index in [1.807, 2.05) is 31.3 Å². The van der Waals surface area contributed by atoms with Gasteiger partial charge in [-0.05, 0) is 50.1 Å². The number of rotatable bonds is 3. The molecule has 2 rings (SSSR count). The molecule has 4 unspecified atom stereocenters. The van der Waals surface area contributed by atoms with Crippen LogP contribution in [0.25, 0.3) is 0 Å². The Hall–Kier alpha value is -0.190. The molecule has 1 aromatic rings. The third kappa shape index (κ3) is 2.80. The van der Waals surface area contributed by atoms with Crippen LogP contribution in [0.1, 0.15) is 19.8 Å². The van der Waals surface area contributed by atoms with Gasteiger partial charge in [0, 0.05) is 20.7 Å². The van der Waals surface area contributed by atoms with E-state index in [4.69, 9.17) is 0 Å². The lowest BCUT2D eigenvalue weighted by Gasteiger charge is -2.19. The Balaban J connectivity index is 2.13. The molecule has 0 radical (unpaired) electrons. The van der Waals surface area contributed by atoms with Gasteiger partial charge in [-0.15, -0.1) is 0 Å². The summed E-state index contributed by atoms with van der Waals surface area (Å²) < 4.78 is 13.5. The van der Waals surface area contributed by atoms with Crippen molar-refractivity contribution >= 4 is 26.7 Å². The molecule has 2 nitrogen and oxygen atoms in total. The monoisotopic (exact) mass is 315 g/mol. The molecule has 4 heteroatoms. The average molecular weight is 316 g/mol. The molecule has 0 aromatic heterocycles. The molecule has 1 N–H and O–H groups in total. The molecule has 0 saturated heterocycles. The number of nitrogens with one attached hydrogen (secondary N) is 1. The predicted molar refractivity (Wildman–Crippen MR) is 75.6 cm³/mol. The van der Waals surface area contributed by atoms with E-state index in [1.165, 1.54) is 0 Å². The van der Waals surface area contributed by atoms with Crippen molar-refractivity contribution in [2.75, 3.05) is 7.05 Å². The van der Waals surface area contributed by atoms with Crippen LogP contribution in [0.5, 0.6) is 0 Å². The maximum atomic E-state index is 12.5. The zero-order valence-corrected chi connectivity index (χ0v) is 12.6. The standard InChI is InChI=1S/C13H18BrNOS/c1-9-12(15-2)7-8-13(9)17(16)11-5-3-10(14)4-6-11/h3-6,9,12-13,15H,7-8H2,1-2H3. The smallest absolute Gasteiger partial charge is 0.0564 e. The van der Waals surface area contributed by atoms with Gasteiger partial charge in [-0.25, -0.2) is 0 Å². The minimum Gasteiger partial charge on any atom is -0.317 e. The fourth-order valence-corrected chi connectivity index (χ4v) is 4.53. The first-order chi connectivity index (χ1) is 8.13. The van der Waals surface area contributed by atoms with E-state index in [-0.39, 0.29) is 5.25 Å². The van der Waals surface area contributed by atoms with Crippen molar-refractivity contribution in [3.05, 3.63) is 28.7 Å². The van der Waals surface area contributed by atoms with Gasteiger partial charge in [0.15, 0.2) is 0 Å². The molecule has 94 valence electrons. The molecule has 1 aliphatic carbocycles. The highest BCUT2D eigenvalue weighted by atomic mass is 79.9. The van der Waals surface area contributed by atoms with Gasteiger partial charge in [-0.2, -0.15) is 0 Å². The second-order valence-corrected chi connectivity index (χ2v) is 7.21. The fraction of sp³-hybridized carbons (Fsp3) is 0.538. The van der Waals surface area contributed by atoms with Crippen molar-refractivity contribution in [1.29, 1.82) is 0 Å². The number of halogens is 1. The molecule has 17 heavy (non-hydrogen) atoms. The summed E-state index contributed by atoms with van der Waals surface area (Å²) in [4.78, 5) is 0.946. The van der Waals surface area contributed by atoms with E-state index >= 15 is 0 Å². The first kappa shape index (κ1) is 13.2. The van der Waals surface area contributed by atoms with Gasteiger partial charge in [0.25, 0.3) is 0 Å². The quantitative estimate of drug-likeness (QED) is 0.929.